The number of aliphatic hydroxyl groups is 1. The van der Waals surface area contributed by atoms with Crippen molar-refractivity contribution >= 4 is 61.2 Å². The van der Waals surface area contributed by atoms with Crippen molar-refractivity contribution in [2.45, 2.75) is 43.1 Å². The number of rotatable bonds is 8. The Morgan fingerprint density at radius 3 is 2.40 bits per heavy atom. The van der Waals surface area contributed by atoms with Crippen molar-refractivity contribution in [1.29, 1.82) is 0 Å². The van der Waals surface area contributed by atoms with Crippen molar-refractivity contribution in [1.82, 2.24) is 9.30 Å². The monoisotopic (exact) mass is 696 g/mol. The molecule has 0 unspecified atom stereocenters. The van der Waals surface area contributed by atoms with Gasteiger partial charge in [-0.25, -0.2) is 22.2 Å². The van der Waals surface area contributed by atoms with E-state index < -0.39 is 44.5 Å². The third-order valence-electron chi connectivity index (χ3n) is 7.12. The number of aliphatic hydroxyl groups excluding tert-OH is 1. The van der Waals surface area contributed by atoms with Crippen LogP contribution in [0.2, 0.25) is 0 Å². The van der Waals surface area contributed by atoms with Crippen LogP contribution in [0.1, 0.15) is 24.3 Å². The third kappa shape index (κ3) is 6.55. The summed E-state index contributed by atoms with van der Waals surface area (Å²) >= 11 is 2.46. The van der Waals surface area contributed by atoms with Gasteiger partial charge < -0.3 is 19.3 Å². The Morgan fingerprint density at radius 2 is 1.89 bits per heavy atom. The number of aryl methyl sites for hydroxylation is 1. The van der Waals surface area contributed by atoms with Gasteiger partial charge in [0, 0.05) is 23.6 Å². The number of carbonyl (C=O) groups is 2. The van der Waals surface area contributed by atoms with Crippen molar-refractivity contribution in [2.75, 3.05) is 6.01 Å². The van der Waals surface area contributed by atoms with Crippen LogP contribution in [-0.4, -0.2) is 67.8 Å². The summed E-state index contributed by atoms with van der Waals surface area (Å²) in [4.78, 5) is 39.8. The van der Waals surface area contributed by atoms with E-state index in [9.17, 15) is 42.4 Å². The lowest BCUT2D eigenvalue weighted by atomic mass is 9.77. The first-order valence-electron chi connectivity index (χ1n) is 12.8. The zero-order valence-electron chi connectivity index (χ0n) is 23.4. The molecule has 4 heterocycles. The molecule has 2 aliphatic heterocycles. The minimum atomic E-state index is -6.09. The highest BCUT2D eigenvalue weighted by molar-refractivity contribution is 7.99. The van der Waals surface area contributed by atoms with E-state index in [1.54, 1.807) is 6.92 Å². The maximum absolute atomic E-state index is 13.4. The largest absolute Gasteiger partial charge is 0.741 e. The van der Waals surface area contributed by atoms with Gasteiger partial charge in [0.05, 0.1) is 34.9 Å². The lowest BCUT2D eigenvalue weighted by Gasteiger charge is -2.46. The number of nitro groups is 1. The molecule has 5 rings (SSSR count). The molecule has 2 aromatic heterocycles. The van der Waals surface area contributed by atoms with Gasteiger partial charge in [0.1, 0.15) is 24.5 Å². The highest BCUT2D eigenvalue weighted by atomic mass is 32.2. The standard InChI is InChI=1S/C24H24FN4O6S2.CHF3O3S/c1-12-17(16-8-27-11-26(3)22(36-10-25)23(27)37-16)20(28-19(12)18(13(2)30)21(28)31)24(32)35-9-14-4-6-15(7-5-14)29(33)34;2-1(3,4)8(5,6)7/h4-8,11-13,18-19,30H,9-10H2,1-3H3;(H,5,6,7)/q+1;/p-1/t12-,13+,18+,19+;/m0./s1. The molecule has 20 heteroatoms. The van der Waals surface area contributed by atoms with E-state index >= 15 is 0 Å². The first kappa shape index (κ1) is 34.3. The molecule has 0 spiro atoms. The highest BCUT2D eigenvalue weighted by Gasteiger charge is 2.60. The summed E-state index contributed by atoms with van der Waals surface area (Å²) in [5, 5.41) is 21.9. The van der Waals surface area contributed by atoms with Gasteiger partial charge in [-0.1, -0.05) is 18.3 Å². The number of nitrogens with zero attached hydrogens (tertiary/aromatic N) is 4. The molecule has 1 N–H and O–H groups in total. The van der Waals surface area contributed by atoms with E-state index in [4.69, 9.17) is 17.7 Å². The zero-order chi connectivity index (χ0) is 33.6. The van der Waals surface area contributed by atoms with E-state index in [0.717, 1.165) is 26.5 Å². The molecule has 13 nitrogen and oxygen atoms in total. The van der Waals surface area contributed by atoms with E-state index in [-0.39, 0.29) is 35.9 Å². The van der Waals surface area contributed by atoms with Crippen LogP contribution in [0.25, 0.3) is 10.4 Å². The lowest BCUT2D eigenvalue weighted by Crippen LogP contribution is -2.63. The van der Waals surface area contributed by atoms with Crippen LogP contribution in [0.3, 0.4) is 0 Å². The van der Waals surface area contributed by atoms with Crippen LogP contribution in [0, 0.1) is 22.0 Å². The van der Waals surface area contributed by atoms with Crippen molar-refractivity contribution in [3.8, 4) is 0 Å². The number of nitro benzene ring substituents is 1. The van der Waals surface area contributed by atoms with Crippen LogP contribution < -0.4 is 4.57 Å². The molecule has 2 aliphatic rings. The minimum Gasteiger partial charge on any atom is -0.741 e. The number of carbonyl (C=O) groups excluding carboxylic acids is 2. The number of non-ortho nitro benzene ring substituents is 1. The number of benzene rings is 1. The predicted octanol–water partition coefficient (Wildman–Crippen LogP) is 3.12. The van der Waals surface area contributed by atoms with Gasteiger partial charge in [0.25, 0.3) is 5.69 Å². The molecule has 1 saturated heterocycles. The van der Waals surface area contributed by atoms with Crippen molar-refractivity contribution < 1.29 is 59.5 Å². The molecule has 45 heavy (non-hydrogen) atoms. The topological polar surface area (TPSA) is 175 Å². The SMILES string of the molecule is C[C@@H](O)[C@H]1C(=O)N2C(C(=O)OCc3ccc([N+](=O)[O-])cc3)=C(c3cn4c[n+](C)c(SCF)c4s3)[C@H](C)[C@H]12.O=S(=O)([O-])C(F)(F)F. The minimum absolute atomic E-state index is 0.0735. The number of fused-ring (bicyclic) bond motifs is 2. The zero-order valence-corrected chi connectivity index (χ0v) is 25.9. The Labute approximate surface area is 260 Å². The Balaban J connectivity index is 0.000000510. The second-order valence-electron chi connectivity index (χ2n) is 10.0. The van der Waals surface area contributed by atoms with Crippen LogP contribution in [0.15, 0.2) is 47.5 Å². The fraction of sp³-hybridized carbons (Fsp3) is 0.400. The van der Waals surface area contributed by atoms with Gasteiger partial charge in [-0.2, -0.15) is 17.6 Å². The third-order valence-corrected chi connectivity index (χ3v) is 9.82. The summed E-state index contributed by atoms with van der Waals surface area (Å²) < 4.78 is 81.3. The molecular formula is C25H24F4N4O9S3. The maximum atomic E-state index is 13.4. The number of alkyl halides is 4. The molecule has 1 fully saturated rings. The Hall–Kier alpha value is -3.59. The van der Waals surface area contributed by atoms with Gasteiger partial charge in [0.15, 0.2) is 10.1 Å². The van der Waals surface area contributed by atoms with E-state index in [1.807, 2.05) is 35.5 Å². The average molecular weight is 697 g/mol. The Bertz CT molecular complexity index is 1790. The molecule has 1 amide bonds. The molecule has 3 aromatic rings. The van der Waals surface area contributed by atoms with E-state index in [0.29, 0.717) is 11.1 Å². The number of imidazole rings is 1. The number of β-lactam (4-membered cyclic amide) rings is 1. The van der Waals surface area contributed by atoms with Gasteiger partial charge in [0.2, 0.25) is 22.1 Å². The number of thiazole rings is 1. The quantitative estimate of drug-likeness (QED) is 0.0424. The van der Waals surface area contributed by atoms with Crippen LogP contribution in [0.4, 0.5) is 23.2 Å². The molecule has 4 atom stereocenters. The number of hydrogen-bond acceptors (Lipinski definition) is 11. The van der Waals surface area contributed by atoms with Gasteiger partial charge in [-0.3, -0.25) is 14.9 Å². The lowest BCUT2D eigenvalue weighted by molar-refractivity contribution is -0.705. The van der Waals surface area contributed by atoms with Crippen molar-refractivity contribution in [3.63, 3.8) is 0 Å². The summed E-state index contributed by atoms with van der Waals surface area (Å²) in [6.45, 7) is 3.35. The average Bonchev–Trinajstić information content (AvgIpc) is 3.54. The fourth-order valence-corrected chi connectivity index (χ4v) is 7.24. The number of halogens is 4. The first-order chi connectivity index (χ1) is 20.9. The predicted molar refractivity (Wildman–Crippen MR) is 149 cm³/mol. The number of hydrogen-bond donors (Lipinski definition) is 1. The van der Waals surface area contributed by atoms with Crippen LogP contribution >= 0.6 is 23.1 Å². The number of thioether (sulfide) groups is 1. The van der Waals surface area contributed by atoms with E-state index in [2.05, 4.69) is 0 Å². The molecule has 1 aromatic carbocycles. The van der Waals surface area contributed by atoms with Crippen molar-refractivity contribution in [2.24, 2.45) is 18.9 Å². The molecule has 0 saturated carbocycles. The first-order valence-corrected chi connectivity index (χ1v) is 16.0. The van der Waals surface area contributed by atoms with Crippen LogP contribution in [-0.2, 0) is 38.1 Å². The number of aromatic nitrogens is 2. The number of esters is 1. The summed E-state index contributed by atoms with van der Waals surface area (Å²) in [6.07, 6.45) is 2.79. The summed E-state index contributed by atoms with van der Waals surface area (Å²) in [7, 11) is -4.26. The molecule has 244 valence electrons. The fourth-order valence-electron chi connectivity index (χ4n) is 5.15. The highest BCUT2D eigenvalue weighted by Crippen LogP contribution is 2.52. The Morgan fingerprint density at radius 1 is 1.29 bits per heavy atom. The normalized spacial score (nSPS) is 20.4. The van der Waals surface area contributed by atoms with E-state index in [1.165, 1.54) is 40.5 Å². The smallest absolute Gasteiger partial charge is 0.485 e. The summed E-state index contributed by atoms with van der Waals surface area (Å²) in [6, 6.07) is 4.70. The van der Waals surface area contributed by atoms with Gasteiger partial charge in [-0.05, 0) is 36.4 Å². The number of amides is 1. The molecular weight excluding hydrogens is 672 g/mol. The summed E-state index contributed by atoms with van der Waals surface area (Å²) in [5.41, 5.74) is -4.38. The maximum Gasteiger partial charge on any atom is 0.485 e. The van der Waals surface area contributed by atoms with Gasteiger partial charge in [-0.15, -0.1) is 0 Å². The summed E-state index contributed by atoms with van der Waals surface area (Å²) in [5.74, 6) is -1.92. The Kier molecular flexibility index (Phi) is 9.65. The number of ether oxygens (including phenoxy) is 1. The molecule has 0 aliphatic carbocycles. The molecule has 0 radical (unpaired) electrons. The van der Waals surface area contributed by atoms with Crippen LogP contribution in [0.5, 0.6) is 0 Å². The molecule has 0 bridgehead atoms. The second-order valence-corrected chi connectivity index (χ2v) is 13.3. The van der Waals surface area contributed by atoms with Crippen molar-refractivity contribution in [3.05, 3.63) is 63.0 Å². The second kappa shape index (κ2) is 12.7. The van der Waals surface area contributed by atoms with Gasteiger partial charge >= 0.3 is 11.5 Å².